The summed E-state index contributed by atoms with van der Waals surface area (Å²) in [7, 11) is 1.61. The molecule has 1 aliphatic carbocycles. The van der Waals surface area contributed by atoms with Crippen molar-refractivity contribution in [2.75, 3.05) is 19.0 Å². The fourth-order valence-electron chi connectivity index (χ4n) is 5.07. The van der Waals surface area contributed by atoms with Crippen molar-refractivity contribution in [2.24, 2.45) is 11.8 Å². The van der Waals surface area contributed by atoms with Gasteiger partial charge in [-0.25, -0.2) is 9.78 Å². The topological polar surface area (TPSA) is 95.3 Å². The summed E-state index contributed by atoms with van der Waals surface area (Å²) in [6, 6.07) is 7.64. The van der Waals surface area contributed by atoms with Crippen LogP contribution in [0.25, 0.3) is 16.7 Å². The van der Waals surface area contributed by atoms with Crippen LogP contribution < -0.4 is 10.1 Å². The second-order valence-electron chi connectivity index (χ2n) is 9.54. The lowest BCUT2D eigenvalue weighted by Gasteiger charge is -2.27. The van der Waals surface area contributed by atoms with Gasteiger partial charge >= 0.3 is 5.97 Å². The minimum atomic E-state index is -0.530. The van der Waals surface area contributed by atoms with E-state index in [1.54, 1.807) is 14.0 Å². The van der Waals surface area contributed by atoms with E-state index in [-0.39, 0.29) is 29.8 Å². The van der Waals surface area contributed by atoms with Crippen molar-refractivity contribution in [3.05, 3.63) is 41.6 Å². The van der Waals surface area contributed by atoms with Crippen LogP contribution in [0.5, 0.6) is 5.75 Å². The molecule has 8 heteroatoms. The molecule has 1 aliphatic rings. The normalized spacial score (nSPS) is 17.7. The molecule has 1 fully saturated rings. The lowest BCUT2D eigenvalue weighted by molar-refractivity contribution is -0.121. The summed E-state index contributed by atoms with van der Waals surface area (Å²) in [6.07, 6.45) is 8.95. The van der Waals surface area contributed by atoms with Gasteiger partial charge in [0, 0.05) is 11.3 Å². The largest absolute Gasteiger partial charge is 0.494 e. The first kappa shape index (κ1) is 25.7. The fraction of sp³-hybridized carbons (Fsp3) is 0.500. The number of rotatable bonds is 9. The number of ether oxygens (including phenoxy) is 2. The average molecular weight is 493 g/mol. The number of amides is 1. The molecule has 3 aromatic rings. The van der Waals surface area contributed by atoms with E-state index in [0.717, 1.165) is 36.6 Å². The molecule has 4 rings (SSSR count). The molecule has 36 heavy (non-hydrogen) atoms. The SMILES string of the molecule is CCCCC1CCC(C(=O)Nc2c(C(=O)OCC)cnn2-c2cc(C)c3cccc(OC)c3n2)CC1. The highest BCUT2D eigenvalue weighted by Gasteiger charge is 2.29. The number of carbonyl (C=O) groups is 2. The molecule has 0 atom stereocenters. The Kier molecular flexibility index (Phi) is 8.23. The molecule has 0 spiro atoms. The van der Waals surface area contributed by atoms with Crippen LogP contribution in [0.3, 0.4) is 0 Å². The van der Waals surface area contributed by atoms with Crippen molar-refractivity contribution in [1.82, 2.24) is 14.8 Å². The Bertz CT molecular complexity index is 1230. The number of fused-ring (bicyclic) bond motifs is 1. The third-order valence-corrected chi connectivity index (χ3v) is 7.12. The summed E-state index contributed by atoms with van der Waals surface area (Å²) in [5.74, 6) is 1.40. The predicted octanol–water partition coefficient (Wildman–Crippen LogP) is 5.85. The van der Waals surface area contributed by atoms with Gasteiger partial charge < -0.3 is 14.8 Å². The first-order chi connectivity index (χ1) is 17.5. The lowest BCUT2D eigenvalue weighted by atomic mass is 9.79. The molecule has 0 unspecified atom stereocenters. The zero-order valence-electron chi connectivity index (χ0n) is 21.7. The Morgan fingerprint density at radius 1 is 1.17 bits per heavy atom. The summed E-state index contributed by atoms with van der Waals surface area (Å²) in [6.45, 7) is 6.17. The van der Waals surface area contributed by atoms with E-state index in [1.165, 1.54) is 30.1 Å². The van der Waals surface area contributed by atoms with Crippen LogP contribution in [0.4, 0.5) is 5.82 Å². The van der Waals surface area contributed by atoms with Gasteiger partial charge in [-0.3, -0.25) is 4.79 Å². The van der Waals surface area contributed by atoms with Gasteiger partial charge in [0.1, 0.15) is 16.8 Å². The van der Waals surface area contributed by atoms with Gasteiger partial charge in [-0.2, -0.15) is 9.78 Å². The maximum Gasteiger partial charge on any atom is 0.343 e. The molecule has 8 nitrogen and oxygen atoms in total. The molecular weight excluding hydrogens is 456 g/mol. The number of methoxy groups -OCH3 is 1. The van der Waals surface area contributed by atoms with E-state index in [1.807, 2.05) is 31.2 Å². The van der Waals surface area contributed by atoms with Crippen molar-refractivity contribution in [3.8, 4) is 11.6 Å². The summed E-state index contributed by atoms with van der Waals surface area (Å²) in [5.41, 5.74) is 1.87. The van der Waals surface area contributed by atoms with Crippen LogP contribution in [0.15, 0.2) is 30.5 Å². The highest BCUT2D eigenvalue weighted by Crippen LogP contribution is 2.34. The van der Waals surface area contributed by atoms with Crippen LogP contribution in [0.1, 0.15) is 74.7 Å². The third-order valence-electron chi connectivity index (χ3n) is 7.12. The van der Waals surface area contributed by atoms with Crippen LogP contribution in [0.2, 0.25) is 0 Å². The number of nitrogens with zero attached hydrogens (tertiary/aromatic N) is 3. The standard InChI is InChI=1S/C28H36N4O4/c1-5-7-9-19-12-14-20(15-13-19)27(33)31-26-22(28(34)36-6-2)17-29-32(26)24-16-18(3)21-10-8-11-23(35-4)25(21)30-24/h8,10-11,16-17,19-20H,5-7,9,12-15H2,1-4H3,(H,31,33). The van der Waals surface area contributed by atoms with Crippen LogP contribution >= 0.6 is 0 Å². The van der Waals surface area contributed by atoms with Gasteiger partial charge in [-0.1, -0.05) is 38.3 Å². The Labute approximate surface area is 212 Å². The summed E-state index contributed by atoms with van der Waals surface area (Å²) < 4.78 is 12.3. The molecule has 1 N–H and O–H groups in total. The highest BCUT2D eigenvalue weighted by molar-refractivity contribution is 6.01. The molecular formula is C28H36N4O4. The Balaban J connectivity index is 1.66. The van der Waals surface area contributed by atoms with E-state index in [2.05, 4.69) is 17.3 Å². The maximum atomic E-state index is 13.3. The van der Waals surface area contributed by atoms with Gasteiger partial charge in [-0.15, -0.1) is 0 Å². The van der Waals surface area contributed by atoms with Crippen molar-refractivity contribution >= 4 is 28.6 Å². The number of benzene rings is 1. The number of hydrogen-bond acceptors (Lipinski definition) is 6. The molecule has 192 valence electrons. The Morgan fingerprint density at radius 3 is 2.64 bits per heavy atom. The number of carbonyl (C=O) groups excluding carboxylic acids is 2. The molecule has 2 aromatic heterocycles. The predicted molar refractivity (Wildman–Crippen MR) is 140 cm³/mol. The van der Waals surface area contributed by atoms with Crippen molar-refractivity contribution in [1.29, 1.82) is 0 Å². The summed E-state index contributed by atoms with van der Waals surface area (Å²) in [5, 5.41) is 8.40. The minimum Gasteiger partial charge on any atom is -0.494 e. The van der Waals surface area contributed by atoms with Gasteiger partial charge in [0.2, 0.25) is 5.91 Å². The molecule has 0 radical (unpaired) electrons. The minimum absolute atomic E-state index is 0.0901. The molecule has 0 bridgehead atoms. The zero-order valence-corrected chi connectivity index (χ0v) is 21.7. The number of para-hydroxylation sites is 1. The highest BCUT2D eigenvalue weighted by atomic mass is 16.5. The summed E-state index contributed by atoms with van der Waals surface area (Å²) >= 11 is 0. The quantitative estimate of drug-likeness (QED) is 0.377. The van der Waals surface area contributed by atoms with E-state index in [0.29, 0.717) is 23.0 Å². The van der Waals surface area contributed by atoms with Crippen molar-refractivity contribution < 1.29 is 19.1 Å². The second-order valence-corrected chi connectivity index (χ2v) is 9.54. The Morgan fingerprint density at radius 2 is 1.94 bits per heavy atom. The summed E-state index contributed by atoms with van der Waals surface area (Å²) in [4.78, 5) is 30.8. The van der Waals surface area contributed by atoms with Crippen molar-refractivity contribution in [3.63, 3.8) is 0 Å². The number of esters is 1. The van der Waals surface area contributed by atoms with Crippen LogP contribution in [0, 0.1) is 18.8 Å². The first-order valence-corrected chi connectivity index (χ1v) is 13.0. The second kappa shape index (κ2) is 11.5. The Hall–Kier alpha value is -3.42. The fourth-order valence-corrected chi connectivity index (χ4v) is 5.07. The number of aromatic nitrogens is 3. The number of hydrogen-bond donors (Lipinski definition) is 1. The van der Waals surface area contributed by atoms with Gasteiger partial charge in [0.25, 0.3) is 0 Å². The van der Waals surface area contributed by atoms with Crippen molar-refractivity contribution in [2.45, 2.75) is 65.7 Å². The molecule has 0 saturated heterocycles. The molecule has 2 heterocycles. The molecule has 1 amide bonds. The zero-order chi connectivity index (χ0) is 25.7. The monoisotopic (exact) mass is 492 g/mol. The molecule has 0 aliphatic heterocycles. The van der Waals surface area contributed by atoms with E-state index < -0.39 is 5.97 Å². The number of nitrogens with one attached hydrogen (secondary N) is 1. The maximum absolute atomic E-state index is 13.3. The number of aryl methyl sites for hydroxylation is 1. The van der Waals surface area contributed by atoms with Gasteiger partial charge in [-0.05, 0) is 63.1 Å². The number of anilines is 1. The number of pyridine rings is 1. The lowest BCUT2D eigenvalue weighted by Crippen LogP contribution is -2.29. The molecule has 1 aromatic carbocycles. The van der Waals surface area contributed by atoms with E-state index in [4.69, 9.17) is 14.5 Å². The first-order valence-electron chi connectivity index (χ1n) is 13.0. The van der Waals surface area contributed by atoms with Crippen LogP contribution in [-0.2, 0) is 9.53 Å². The van der Waals surface area contributed by atoms with E-state index in [9.17, 15) is 9.59 Å². The van der Waals surface area contributed by atoms with Gasteiger partial charge in [0.15, 0.2) is 11.6 Å². The average Bonchev–Trinajstić information content (AvgIpc) is 3.31. The molecule has 1 saturated carbocycles. The van der Waals surface area contributed by atoms with Crippen LogP contribution in [-0.4, -0.2) is 40.4 Å². The number of unbranched alkanes of at least 4 members (excludes halogenated alkanes) is 1. The van der Waals surface area contributed by atoms with E-state index >= 15 is 0 Å². The smallest absolute Gasteiger partial charge is 0.343 e. The third kappa shape index (κ3) is 5.37. The van der Waals surface area contributed by atoms with Gasteiger partial charge in [0.05, 0.1) is 19.9 Å².